The standard InChI is InChI=1S/C53H32N2/c54-33-34-22-28-48-46(30-34)47-31-40(27-29-49(47)55(48)41-18-8-3-9-19-41)35-23-25-37(26-24-35)44-32-45(36-12-4-1-5-13-36)52-42-20-10-16-38-17-11-21-43(50(38)42)53(52)51(44)39-14-6-2-7-15-39/h1-32H. The van der Waals surface area contributed by atoms with E-state index in [1.165, 1.54) is 66.4 Å². The lowest BCUT2D eigenvalue weighted by Gasteiger charge is -2.21. The fourth-order valence-electron chi connectivity index (χ4n) is 8.94. The molecule has 10 aromatic rings. The van der Waals surface area contributed by atoms with E-state index in [-0.39, 0.29) is 0 Å². The van der Waals surface area contributed by atoms with Crippen molar-refractivity contribution in [2.75, 3.05) is 0 Å². The highest BCUT2D eigenvalue weighted by Crippen LogP contribution is 2.57. The van der Waals surface area contributed by atoms with Crippen molar-refractivity contribution in [1.29, 1.82) is 5.26 Å². The predicted molar refractivity (Wildman–Crippen MR) is 229 cm³/mol. The Morgan fingerprint density at radius 2 is 0.909 bits per heavy atom. The van der Waals surface area contributed by atoms with Crippen molar-refractivity contribution < 1.29 is 0 Å². The van der Waals surface area contributed by atoms with E-state index in [9.17, 15) is 5.26 Å². The summed E-state index contributed by atoms with van der Waals surface area (Å²) in [6.45, 7) is 0. The maximum atomic E-state index is 9.80. The summed E-state index contributed by atoms with van der Waals surface area (Å²) in [4.78, 5) is 0. The molecule has 55 heavy (non-hydrogen) atoms. The van der Waals surface area contributed by atoms with Crippen LogP contribution in [0.15, 0.2) is 194 Å². The summed E-state index contributed by atoms with van der Waals surface area (Å²) in [6, 6.07) is 72.2. The minimum absolute atomic E-state index is 0.659. The lowest BCUT2D eigenvalue weighted by atomic mass is 9.82. The first-order valence-electron chi connectivity index (χ1n) is 18.7. The zero-order valence-corrected chi connectivity index (χ0v) is 29.9. The first kappa shape index (κ1) is 31.1. The van der Waals surface area contributed by atoms with Crippen molar-refractivity contribution >= 4 is 32.6 Å². The van der Waals surface area contributed by atoms with E-state index in [0.717, 1.165) is 38.6 Å². The Hall–Kier alpha value is -7.47. The van der Waals surface area contributed by atoms with Crippen molar-refractivity contribution in [2.45, 2.75) is 0 Å². The molecule has 9 aromatic carbocycles. The van der Waals surface area contributed by atoms with Crippen molar-refractivity contribution in [1.82, 2.24) is 4.57 Å². The third-order valence-electron chi connectivity index (χ3n) is 11.4. The van der Waals surface area contributed by atoms with Crippen LogP contribution in [0.5, 0.6) is 0 Å². The second-order valence-electron chi connectivity index (χ2n) is 14.4. The Morgan fingerprint density at radius 3 is 1.60 bits per heavy atom. The van der Waals surface area contributed by atoms with Crippen LogP contribution < -0.4 is 0 Å². The molecule has 0 bridgehead atoms. The number of hydrogen-bond acceptors (Lipinski definition) is 1. The quantitative estimate of drug-likeness (QED) is 0.176. The molecule has 0 saturated heterocycles. The third-order valence-corrected chi connectivity index (χ3v) is 11.4. The van der Waals surface area contributed by atoms with Crippen LogP contribution >= 0.6 is 0 Å². The maximum Gasteiger partial charge on any atom is 0.0991 e. The Balaban J connectivity index is 1.12. The molecule has 2 heteroatoms. The topological polar surface area (TPSA) is 28.7 Å². The summed E-state index contributed by atoms with van der Waals surface area (Å²) in [5, 5.41) is 14.6. The second kappa shape index (κ2) is 12.3. The lowest BCUT2D eigenvalue weighted by Crippen LogP contribution is -1.94. The second-order valence-corrected chi connectivity index (χ2v) is 14.4. The molecule has 254 valence electrons. The minimum Gasteiger partial charge on any atom is -0.309 e. The van der Waals surface area contributed by atoms with E-state index in [0.29, 0.717) is 5.56 Å². The molecule has 2 nitrogen and oxygen atoms in total. The summed E-state index contributed by atoms with van der Waals surface area (Å²) in [7, 11) is 0. The highest BCUT2D eigenvalue weighted by atomic mass is 15.0. The van der Waals surface area contributed by atoms with Crippen molar-refractivity contribution in [3.8, 4) is 78.5 Å². The molecule has 1 aliphatic carbocycles. The Bertz CT molecular complexity index is 3160. The van der Waals surface area contributed by atoms with Gasteiger partial charge >= 0.3 is 0 Å². The number of aromatic nitrogens is 1. The van der Waals surface area contributed by atoms with Gasteiger partial charge in [0.05, 0.1) is 22.7 Å². The average Bonchev–Trinajstić information content (AvgIpc) is 3.77. The molecule has 1 heterocycles. The molecule has 0 radical (unpaired) electrons. The van der Waals surface area contributed by atoms with Gasteiger partial charge in [-0.1, -0.05) is 146 Å². The fourth-order valence-corrected chi connectivity index (χ4v) is 8.94. The molecule has 0 spiro atoms. The van der Waals surface area contributed by atoms with Gasteiger partial charge in [-0.15, -0.1) is 0 Å². The van der Waals surface area contributed by atoms with Crippen LogP contribution in [-0.4, -0.2) is 4.57 Å². The van der Waals surface area contributed by atoms with E-state index in [1.54, 1.807) is 0 Å². The molecule has 1 aliphatic rings. The number of hydrogen-bond donors (Lipinski definition) is 0. The number of nitrogens with zero attached hydrogens (tertiary/aromatic N) is 2. The summed E-state index contributed by atoms with van der Waals surface area (Å²) in [6.07, 6.45) is 0. The van der Waals surface area contributed by atoms with E-state index < -0.39 is 0 Å². The van der Waals surface area contributed by atoms with Crippen LogP contribution in [0.1, 0.15) is 5.56 Å². The number of fused-ring (bicyclic) bond motifs is 6. The summed E-state index contributed by atoms with van der Waals surface area (Å²) < 4.78 is 2.29. The molecule has 0 aliphatic heterocycles. The zero-order chi connectivity index (χ0) is 36.5. The predicted octanol–water partition coefficient (Wildman–Crippen LogP) is 14.1. The van der Waals surface area contributed by atoms with Gasteiger partial charge in [0.2, 0.25) is 0 Å². The molecule has 0 saturated carbocycles. The monoisotopic (exact) mass is 696 g/mol. The van der Waals surface area contributed by atoms with Gasteiger partial charge in [-0.3, -0.25) is 0 Å². The average molecular weight is 697 g/mol. The van der Waals surface area contributed by atoms with Crippen LogP contribution in [0.4, 0.5) is 0 Å². The Kier molecular flexibility index (Phi) is 6.96. The molecular weight excluding hydrogens is 665 g/mol. The van der Waals surface area contributed by atoms with Gasteiger partial charge in [-0.2, -0.15) is 5.26 Å². The van der Waals surface area contributed by atoms with Crippen LogP contribution in [-0.2, 0) is 0 Å². The van der Waals surface area contributed by atoms with Gasteiger partial charge in [-0.25, -0.2) is 0 Å². The molecule has 11 rings (SSSR count). The smallest absolute Gasteiger partial charge is 0.0991 e. The van der Waals surface area contributed by atoms with Crippen LogP contribution in [0.2, 0.25) is 0 Å². The van der Waals surface area contributed by atoms with Gasteiger partial charge in [0.1, 0.15) is 0 Å². The minimum atomic E-state index is 0.659. The fraction of sp³-hybridized carbons (Fsp3) is 0. The molecule has 0 unspecified atom stereocenters. The highest BCUT2D eigenvalue weighted by Gasteiger charge is 2.30. The number of rotatable bonds is 5. The molecule has 0 N–H and O–H groups in total. The maximum absolute atomic E-state index is 9.80. The van der Waals surface area contributed by atoms with Crippen molar-refractivity contribution in [2.24, 2.45) is 0 Å². The normalized spacial score (nSPS) is 11.6. The lowest BCUT2D eigenvalue weighted by molar-refractivity contribution is 1.18. The van der Waals surface area contributed by atoms with E-state index >= 15 is 0 Å². The number of nitriles is 1. The number of para-hydroxylation sites is 1. The summed E-state index contributed by atoms with van der Waals surface area (Å²) in [5.74, 6) is 0. The molecular formula is C53H32N2. The van der Waals surface area contributed by atoms with Gasteiger partial charge in [0.25, 0.3) is 0 Å². The van der Waals surface area contributed by atoms with Gasteiger partial charge in [0.15, 0.2) is 0 Å². The van der Waals surface area contributed by atoms with Gasteiger partial charge in [0, 0.05) is 16.5 Å². The van der Waals surface area contributed by atoms with Crippen LogP contribution in [0.25, 0.3) is 105 Å². The van der Waals surface area contributed by atoms with E-state index in [1.807, 2.05) is 18.2 Å². The van der Waals surface area contributed by atoms with E-state index in [4.69, 9.17) is 0 Å². The molecule has 0 fully saturated rings. The molecule has 0 atom stereocenters. The van der Waals surface area contributed by atoms with Gasteiger partial charge in [-0.05, 0) is 126 Å². The van der Waals surface area contributed by atoms with Crippen LogP contribution in [0, 0.1) is 11.3 Å². The Labute approximate surface area is 319 Å². The van der Waals surface area contributed by atoms with Gasteiger partial charge < -0.3 is 4.57 Å². The number of benzene rings is 9. The zero-order valence-electron chi connectivity index (χ0n) is 29.9. The van der Waals surface area contributed by atoms with Crippen molar-refractivity contribution in [3.05, 3.63) is 200 Å². The molecule has 1 aromatic heterocycles. The first-order chi connectivity index (χ1) is 27.2. The SMILES string of the molecule is N#Cc1ccc2c(c1)c1cc(-c3ccc(-c4cc(-c5ccccc5)c5c(c4-c4ccccc4)-c4cccc6cccc-5c46)cc3)ccc1n2-c1ccccc1. The largest absolute Gasteiger partial charge is 0.309 e. The summed E-state index contributed by atoms with van der Waals surface area (Å²) in [5.41, 5.74) is 18.8. The molecule has 0 amide bonds. The van der Waals surface area contributed by atoms with Crippen LogP contribution in [0.3, 0.4) is 0 Å². The van der Waals surface area contributed by atoms with E-state index in [2.05, 4.69) is 187 Å². The first-order valence-corrected chi connectivity index (χ1v) is 18.7. The summed E-state index contributed by atoms with van der Waals surface area (Å²) >= 11 is 0. The third kappa shape index (κ3) is 4.81. The Morgan fingerprint density at radius 1 is 0.364 bits per heavy atom. The highest BCUT2D eigenvalue weighted by molar-refractivity contribution is 6.22. The van der Waals surface area contributed by atoms with Crippen molar-refractivity contribution in [3.63, 3.8) is 0 Å².